The van der Waals surface area contributed by atoms with E-state index in [-0.39, 0.29) is 6.10 Å². The highest BCUT2D eigenvalue weighted by atomic mass is 19.4. The zero-order valence-corrected chi connectivity index (χ0v) is 16.9. The summed E-state index contributed by atoms with van der Waals surface area (Å²) in [6, 6.07) is 1.82. The zero-order chi connectivity index (χ0) is 21.0. The van der Waals surface area contributed by atoms with Crippen molar-refractivity contribution >= 4 is 5.97 Å². The van der Waals surface area contributed by atoms with Gasteiger partial charge in [-0.25, -0.2) is 9.18 Å². The van der Waals surface area contributed by atoms with Crippen LogP contribution in [-0.4, -0.2) is 12.1 Å². The summed E-state index contributed by atoms with van der Waals surface area (Å²) in [5.41, 5.74) is -1.58. The van der Waals surface area contributed by atoms with E-state index in [1.807, 2.05) is 6.92 Å². The van der Waals surface area contributed by atoms with Gasteiger partial charge in [0.25, 0.3) is 0 Å². The molecule has 1 unspecified atom stereocenters. The molecule has 2 nitrogen and oxygen atoms in total. The molecule has 0 spiro atoms. The fourth-order valence-electron chi connectivity index (χ4n) is 3.11. The lowest BCUT2D eigenvalue weighted by Crippen LogP contribution is -2.19. The summed E-state index contributed by atoms with van der Waals surface area (Å²) < 4.78 is 57.5. The molecule has 0 N–H and O–H groups in total. The predicted molar refractivity (Wildman–Crippen MR) is 103 cm³/mol. The van der Waals surface area contributed by atoms with Crippen molar-refractivity contribution in [2.75, 3.05) is 0 Å². The Labute approximate surface area is 165 Å². The van der Waals surface area contributed by atoms with Crippen molar-refractivity contribution in [3.05, 3.63) is 35.1 Å². The van der Waals surface area contributed by atoms with Gasteiger partial charge in [-0.05, 0) is 37.5 Å². The molecule has 0 aliphatic heterocycles. The van der Waals surface area contributed by atoms with Crippen molar-refractivity contribution in [1.82, 2.24) is 0 Å². The summed E-state index contributed by atoms with van der Waals surface area (Å²) in [6.07, 6.45) is 6.03. The van der Waals surface area contributed by atoms with E-state index in [1.54, 1.807) is 0 Å². The third kappa shape index (κ3) is 9.56. The highest BCUT2D eigenvalue weighted by Gasteiger charge is 2.32. The van der Waals surface area contributed by atoms with E-state index < -0.39 is 29.1 Å². The van der Waals surface area contributed by atoms with Crippen LogP contribution in [0.1, 0.15) is 100 Å². The van der Waals surface area contributed by atoms with Crippen LogP contribution in [0.2, 0.25) is 0 Å². The summed E-state index contributed by atoms with van der Waals surface area (Å²) in [5, 5.41) is 0. The normalized spacial score (nSPS) is 12.8. The van der Waals surface area contributed by atoms with Crippen LogP contribution in [0.5, 0.6) is 0 Å². The van der Waals surface area contributed by atoms with Gasteiger partial charge in [0.2, 0.25) is 0 Å². The molecule has 0 aliphatic rings. The van der Waals surface area contributed by atoms with Crippen LogP contribution in [0.4, 0.5) is 17.6 Å². The van der Waals surface area contributed by atoms with Gasteiger partial charge >= 0.3 is 12.1 Å². The lowest BCUT2D eigenvalue weighted by molar-refractivity contribution is -0.137. The number of benzene rings is 1. The third-order valence-electron chi connectivity index (χ3n) is 4.74. The largest absolute Gasteiger partial charge is 0.459 e. The van der Waals surface area contributed by atoms with Gasteiger partial charge in [-0.3, -0.25) is 0 Å². The van der Waals surface area contributed by atoms with Crippen LogP contribution in [0.25, 0.3) is 0 Å². The Kier molecular flexibility index (Phi) is 11.2. The van der Waals surface area contributed by atoms with E-state index in [2.05, 4.69) is 6.92 Å². The topological polar surface area (TPSA) is 26.3 Å². The van der Waals surface area contributed by atoms with Crippen molar-refractivity contribution in [1.29, 1.82) is 0 Å². The summed E-state index contributed by atoms with van der Waals surface area (Å²) in [6.45, 7) is 4.19. The second kappa shape index (κ2) is 12.8. The highest BCUT2D eigenvalue weighted by molar-refractivity contribution is 5.89. The SMILES string of the molecule is CCCCCCCCCC(CCCC)OC(=O)c1cc(F)cc(C(F)(F)F)c1. The van der Waals surface area contributed by atoms with E-state index in [0.717, 1.165) is 38.2 Å². The number of carbonyl (C=O) groups is 1. The van der Waals surface area contributed by atoms with Crippen molar-refractivity contribution in [2.24, 2.45) is 0 Å². The van der Waals surface area contributed by atoms with Gasteiger partial charge in [0.15, 0.2) is 0 Å². The molecule has 0 heterocycles. The lowest BCUT2D eigenvalue weighted by atomic mass is 10.0. The maximum Gasteiger partial charge on any atom is 0.416 e. The molecule has 0 bridgehead atoms. The molecule has 0 saturated heterocycles. The summed E-state index contributed by atoms with van der Waals surface area (Å²) in [5.74, 6) is -1.99. The van der Waals surface area contributed by atoms with E-state index in [0.29, 0.717) is 25.0 Å². The second-order valence-corrected chi connectivity index (χ2v) is 7.31. The number of unbranched alkanes of at least 4 members (excludes halogenated alkanes) is 7. The van der Waals surface area contributed by atoms with Crippen LogP contribution in [0.15, 0.2) is 18.2 Å². The number of alkyl halides is 3. The van der Waals surface area contributed by atoms with Gasteiger partial charge in [-0.2, -0.15) is 13.2 Å². The number of halogens is 4. The molecule has 28 heavy (non-hydrogen) atoms. The number of rotatable bonds is 13. The van der Waals surface area contributed by atoms with Gasteiger partial charge in [0.1, 0.15) is 11.9 Å². The van der Waals surface area contributed by atoms with Crippen molar-refractivity contribution in [2.45, 2.75) is 96.8 Å². The first-order valence-electron chi connectivity index (χ1n) is 10.4. The average molecular weight is 404 g/mol. The first kappa shape index (κ1) is 24.4. The Morgan fingerprint density at radius 1 is 0.893 bits per heavy atom. The third-order valence-corrected chi connectivity index (χ3v) is 4.74. The maximum absolute atomic E-state index is 13.5. The van der Waals surface area contributed by atoms with Crippen LogP contribution in [0, 0.1) is 5.82 Å². The number of ether oxygens (including phenoxy) is 1. The van der Waals surface area contributed by atoms with E-state index in [9.17, 15) is 22.4 Å². The van der Waals surface area contributed by atoms with E-state index in [1.165, 1.54) is 25.7 Å². The molecule has 160 valence electrons. The molecule has 0 radical (unpaired) electrons. The predicted octanol–water partition coefficient (Wildman–Crippen LogP) is 7.70. The summed E-state index contributed by atoms with van der Waals surface area (Å²) in [7, 11) is 0. The smallest absolute Gasteiger partial charge is 0.416 e. The monoisotopic (exact) mass is 404 g/mol. The Hall–Kier alpha value is -1.59. The molecule has 0 fully saturated rings. The molecule has 1 aromatic rings. The standard InChI is InChI=1S/C22H32F4O2/c1-3-5-7-8-9-10-11-13-20(12-6-4-2)28-21(27)17-14-18(22(24,25)26)16-19(23)15-17/h14-16,20H,3-13H2,1-2H3. The highest BCUT2D eigenvalue weighted by Crippen LogP contribution is 2.30. The Morgan fingerprint density at radius 2 is 1.46 bits per heavy atom. The molecule has 0 aliphatic carbocycles. The lowest BCUT2D eigenvalue weighted by Gasteiger charge is -2.18. The van der Waals surface area contributed by atoms with Gasteiger partial charge in [-0.15, -0.1) is 0 Å². The first-order chi connectivity index (χ1) is 13.3. The Balaban J connectivity index is 2.62. The molecule has 1 atom stereocenters. The van der Waals surface area contributed by atoms with Crippen molar-refractivity contribution < 1.29 is 27.1 Å². The molecule has 1 rings (SSSR count). The Bertz CT molecular complexity index is 584. The Morgan fingerprint density at radius 3 is 2.07 bits per heavy atom. The van der Waals surface area contributed by atoms with E-state index in [4.69, 9.17) is 4.74 Å². The van der Waals surface area contributed by atoms with Crippen LogP contribution in [0.3, 0.4) is 0 Å². The molecule has 0 amide bonds. The van der Waals surface area contributed by atoms with Gasteiger partial charge in [-0.1, -0.05) is 65.2 Å². The molecule has 0 saturated carbocycles. The minimum absolute atomic E-state index is 0.347. The number of esters is 1. The molecule has 0 aromatic heterocycles. The summed E-state index contributed by atoms with van der Waals surface area (Å²) >= 11 is 0. The van der Waals surface area contributed by atoms with Crippen LogP contribution in [-0.2, 0) is 10.9 Å². The molecule has 1 aromatic carbocycles. The van der Waals surface area contributed by atoms with Gasteiger partial charge in [0, 0.05) is 0 Å². The van der Waals surface area contributed by atoms with Crippen LogP contribution >= 0.6 is 0 Å². The fraction of sp³-hybridized carbons (Fsp3) is 0.682. The van der Waals surface area contributed by atoms with Gasteiger partial charge in [0.05, 0.1) is 11.1 Å². The molecular formula is C22H32F4O2. The van der Waals surface area contributed by atoms with Gasteiger partial charge < -0.3 is 4.74 Å². The fourth-order valence-corrected chi connectivity index (χ4v) is 3.11. The maximum atomic E-state index is 13.5. The minimum Gasteiger partial charge on any atom is -0.459 e. The second-order valence-electron chi connectivity index (χ2n) is 7.31. The van der Waals surface area contributed by atoms with Crippen molar-refractivity contribution in [3.8, 4) is 0 Å². The molecule has 6 heteroatoms. The average Bonchev–Trinajstić information content (AvgIpc) is 2.63. The van der Waals surface area contributed by atoms with Crippen LogP contribution < -0.4 is 0 Å². The number of hydrogen-bond donors (Lipinski definition) is 0. The number of hydrogen-bond acceptors (Lipinski definition) is 2. The van der Waals surface area contributed by atoms with Crippen molar-refractivity contribution in [3.63, 3.8) is 0 Å². The minimum atomic E-state index is -4.71. The molecular weight excluding hydrogens is 372 g/mol. The quantitative estimate of drug-likeness (QED) is 0.191. The number of carbonyl (C=O) groups excluding carboxylic acids is 1. The first-order valence-corrected chi connectivity index (χ1v) is 10.4. The zero-order valence-electron chi connectivity index (χ0n) is 16.9. The summed E-state index contributed by atoms with van der Waals surface area (Å²) in [4.78, 5) is 12.3. The van der Waals surface area contributed by atoms with E-state index >= 15 is 0 Å².